The smallest absolute Gasteiger partial charge is 0.349 e. The predicted molar refractivity (Wildman–Crippen MR) is 152 cm³/mol. The molecule has 1 aromatic rings. The number of carbonyl (C=O) groups is 2. The molecule has 1 aromatic carbocycles. The van der Waals surface area contributed by atoms with Gasteiger partial charge in [-0.15, -0.1) is 0 Å². The molecule has 0 unspecified atom stereocenters. The first-order valence-corrected chi connectivity index (χ1v) is 17.1. The molecule has 220 valence electrons. The summed E-state index contributed by atoms with van der Waals surface area (Å²) in [5.74, 6) is -1.79. The number of amides is 1. The predicted octanol–water partition coefficient (Wildman–Crippen LogP) is 4.15. The Morgan fingerprint density at radius 2 is 1.79 bits per heavy atom. The molecule has 1 amide bonds. The number of nitrogens with one attached hydrogen (secondary N) is 1. The molecule has 2 aliphatic rings. The first-order valence-electron chi connectivity index (χ1n) is 13.4. The monoisotopic (exact) mass is 583 g/mol. The van der Waals surface area contributed by atoms with Gasteiger partial charge in [0.1, 0.15) is 18.3 Å². The number of aliphatic hydroxyl groups excluding tert-OH is 1. The lowest BCUT2D eigenvalue weighted by Crippen LogP contribution is -2.68. The van der Waals surface area contributed by atoms with Gasteiger partial charge in [-0.25, -0.2) is 4.79 Å². The standard InChI is InChI=1S/C28H45NO8SSi/c1-17-11-13-19(14-12-17)38-28(25(32)33-8)15-20(37-39(9,10)26(3,4)5)22(29-18(2)30)24(36-28)23(31)21-16-34-27(6,7)35-21/h11-14,20-24,31H,15-16H2,1-10H3,(H,29,30)/t20-,21+,22+,23+,24+,28+/m0/s1. The number of esters is 1. The normalized spacial score (nSPS) is 30.0. The van der Waals surface area contributed by atoms with Gasteiger partial charge in [-0.2, -0.15) is 0 Å². The zero-order valence-corrected chi connectivity index (χ0v) is 26.6. The first-order chi connectivity index (χ1) is 17.9. The average Bonchev–Trinajstić information content (AvgIpc) is 3.19. The van der Waals surface area contributed by atoms with Crippen molar-refractivity contribution in [2.45, 2.75) is 119 Å². The molecule has 2 fully saturated rings. The van der Waals surface area contributed by atoms with Gasteiger partial charge in [-0.3, -0.25) is 4.79 Å². The van der Waals surface area contributed by atoms with E-state index in [0.29, 0.717) is 0 Å². The molecule has 3 rings (SSSR count). The summed E-state index contributed by atoms with van der Waals surface area (Å²) in [7, 11) is -1.10. The van der Waals surface area contributed by atoms with Gasteiger partial charge in [0.2, 0.25) is 10.8 Å². The molecule has 0 aliphatic carbocycles. The van der Waals surface area contributed by atoms with E-state index in [0.717, 1.165) is 10.5 Å². The molecule has 2 saturated heterocycles. The van der Waals surface area contributed by atoms with E-state index < -0.39 is 55.5 Å². The molecule has 2 heterocycles. The Labute approximate surface area is 237 Å². The lowest BCUT2D eigenvalue weighted by Gasteiger charge is -2.51. The van der Waals surface area contributed by atoms with Crippen LogP contribution < -0.4 is 5.32 Å². The van der Waals surface area contributed by atoms with E-state index in [4.69, 9.17) is 23.4 Å². The van der Waals surface area contributed by atoms with E-state index in [-0.39, 0.29) is 24.0 Å². The maximum Gasteiger partial charge on any atom is 0.349 e. The summed E-state index contributed by atoms with van der Waals surface area (Å²) < 4.78 is 30.4. The van der Waals surface area contributed by atoms with Crippen molar-refractivity contribution >= 4 is 32.0 Å². The fraction of sp³-hybridized carbons (Fsp3) is 0.714. The Hall–Kier alpha value is -1.47. The van der Waals surface area contributed by atoms with Crippen LogP contribution in [-0.4, -0.2) is 80.2 Å². The molecule has 9 nitrogen and oxygen atoms in total. The van der Waals surface area contributed by atoms with E-state index in [9.17, 15) is 14.7 Å². The SMILES string of the molecule is COC(=O)[C@]1(Sc2ccc(C)cc2)C[C@H](O[Si](C)(C)C(C)(C)C)[C@@H](NC(C)=O)[C@H]([C@H](O)[C@H]2COC(C)(C)O2)O1. The van der Waals surface area contributed by atoms with Crippen molar-refractivity contribution < 1.29 is 38.1 Å². The zero-order chi connectivity index (χ0) is 29.4. The van der Waals surface area contributed by atoms with Crippen LogP contribution in [0.5, 0.6) is 0 Å². The molecule has 0 radical (unpaired) electrons. The highest BCUT2D eigenvalue weighted by molar-refractivity contribution is 8.01. The van der Waals surface area contributed by atoms with Gasteiger partial charge in [-0.1, -0.05) is 50.2 Å². The highest BCUT2D eigenvalue weighted by atomic mass is 32.2. The Kier molecular flexibility index (Phi) is 9.69. The number of hydrogen-bond donors (Lipinski definition) is 2. The largest absolute Gasteiger partial charge is 0.466 e. The van der Waals surface area contributed by atoms with Crippen LogP contribution in [0.25, 0.3) is 0 Å². The number of methoxy groups -OCH3 is 1. The number of aliphatic hydroxyl groups is 1. The van der Waals surface area contributed by atoms with E-state index in [1.54, 1.807) is 13.8 Å². The summed E-state index contributed by atoms with van der Waals surface area (Å²) in [6.07, 6.45) is -3.59. The van der Waals surface area contributed by atoms with E-state index in [2.05, 4.69) is 39.2 Å². The number of hydrogen-bond acceptors (Lipinski definition) is 9. The maximum atomic E-state index is 13.6. The van der Waals surface area contributed by atoms with Crippen molar-refractivity contribution in [2.24, 2.45) is 0 Å². The van der Waals surface area contributed by atoms with Gasteiger partial charge in [0, 0.05) is 18.2 Å². The second-order valence-electron chi connectivity index (χ2n) is 12.4. The molecule has 0 spiro atoms. The molecular weight excluding hydrogens is 538 g/mol. The van der Waals surface area contributed by atoms with Gasteiger partial charge in [0.25, 0.3) is 0 Å². The number of aryl methyl sites for hydroxylation is 1. The highest BCUT2D eigenvalue weighted by Crippen LogP contribution is 2.48. The fourth-order valence-electron chi connectivity index (χ4n) is 4.59. The Bertz CT molecular complexity index is 1030. The lowest BCUT2D eigenvalue weighted by molar-refractivity contribution is -0.211. The van der Waals surface area contributed by atoms with Gasteiger partial charge >= 0.3 is 5.97 Å². The Balaban J connectivity index is 2.12. The van der Waals surface area contributed by atoms with Gasteiger partial charge < -0.3 is 33.8 Å². The van der Waals surface area contributed by atoms with Crippen LogP contribution in [-0.2, 0) is 33.0 Å². The van der Waals surface area contributed by atoms with Crippen molar-refractivity contribution in [2.75, 3.05) is 13.7 Å². The van der Waals surface area contributed by atoms with Crippen LogP contribution in [0.1, 0.15) is 53.5 Å². The average molecular weight is 584 g/mol. The summed E-state index contributed by atoms with van der Waals surface area (Å²) in [6.45, 7) is 17.7. The minimum atomic E-state index is -2.42. The third kappa shape index (κ3) is 7.44. The van der Waals surface area contributed by atoms with E-state index >= 15 is 0 Å². The first kappa shape index (κ1) is 32.0. The molecule has 2 N–H and O–H groups in total. The number of benzene rings is 1. The number of thioether (sulfide) groups is 1. The minimum absolute atomic E-state index is 0.104. The summed E-state index contributed by atoms with van der Waals surface area (Å²) in [5, 5.41) is 14.5. The second kappa shape index (κ2) is 11.8. The summed E-state index contributed by atoms with van der Waals surface area (Å²) >= 11 is 1.22. The van der Waals surface area contributed by atoms with Crippen LogP contribution >= 0.6 is 11.8 Å². The quantitative estimate of drug-likeness (QED) is 0.344. The van der Waals surface area contributed by atoms with Gasteiger partial charge in [-0.05, 0) is 51.0 Å². The number of rotatable bonds is 8. The van der Waals surface area contributed by atoms with Crippen molar-refractivity contribution in [3.63, 3.8) is 0 Å². The number of carbonyl (C=O) groups excluding carboxylic acids is 2. The third-order valence-electron chi connectivity index (χ3n) is 7.72. The molecule has 39 heavy (non-hydrogen) atoms. The second-order valence-corrected chi connectivity index (χ2v) is 18.5. The van der Waals surface area contributed by atoms with E-state index in [1.165, 1.54) is 25.8 Å². The molecule has 2 aliphatic heterocycles. The van der Waals surface area contributed by atoms with Crippen molar-refractivity contribution in [3.05, 3.63) is 29.8 Å². The number of ether oxygens (including phenoxy) is 4. The Morgan fingerprint density at radius 3 is 2.28 bits per heavy atom. The van der Waals surface area contributed by atoms with Crippen LogP contribution in [0.15, 0.2) is 29.2 Å². The lowest BCUT2D eigenvalue weighted by atomic mass is 9.89. The molecule has 0 aromatic heterocycles. The van der Waals surface area contributed by atoms with Crippen molar-refractivity contribution in [1.29, 1.82) is 0 Å². The van der Waals surface area contributed by atoms with Crippen molar-refractivity contribution in [1.82, 2.24) is 5.32 Å². The van der Waals surface area contributed by atoms with Gasteiger partial charge in [0.15, 0.2) is 14.1 Å². The van der Waals surface area contributed by atoms with Crippen LogP contribution in [0.3, 0.4) is 0 Å². The van der Waals surface area contributed by atoms with Crippen molar-refractivity contribution in [3.8, 4) is 0 Å². The molecule has 0 bridgehead atoms. The zero-order valence-electron chi connectivity index (χ0n) is 24.8. The van der Waals surface area contributed by atoms with Crippen LogP contribution in [0, 0.1) is 6.92 Å². The third-order valence-corrected chi connectivity index (χ3v) is 13.5. The topological polar surface area (TPSA) is 113 Å². The Morgan fingerprint density at radius 1 is 1.18 bits per heavy atom. The molecule has 0 saturated carbocycles. The fourth-order valence-corrected chi connectivity index (χ4v) is 7.16. The minimum Gasteiger partial charge on any atom is -0.466 e. The summed E-state index contributed by atoms with van der Waals surface area (Å²) in [6, 6.07) is 6.99. The van der Waals surface area contributed by atoms with Crippen LogP contribution in [0.2, 0.25) is 18.1 Å². The molecule has 11 heteroatoms. The van der Waals surface area contributed by atoms with Gasteiger partial charge in [0.05, 0.1) is 25.9 Å². The van der Waals surface area contributed by atoms with E-state index in [1.807, 2.05) is 31.2 Å². The molecular formula is C28H45NO8SSi. The molecule has 6 atom stereocenters. The maximum absolute atomic E-state index is 13.6. The summed E-state index contributed by atoms with van der Waals surface area (Å²) in [5.41, 5.74) is 1.08. The summed E-state index contributed by atoms with van der Waals surface area (Å²) in [4.78, 5) is 25.2. The van der Waals surface area contributed by atoms with Crippen LogP contribution in [0.4, 0.5) is 0 Å². The highest BCUT2D eigenvalue weighted by Gasteiger charge is 2.58.